The molecule has 146 valence electrons. The predicted molar refractivity (Wildman–Crippen MR) is 118 cm³/mol. The second kappa shape index (κ2) is 15.5. The van der Waals surface area contributed by atoms with Crippen LogP contribution in [0.5, 0.6) is 11.5 Å². The van der Waals surface area contributed by atoms with Crippen LogP contribution in [-0.2, 0) is 0 Å². The highest BCUT2D eigenvalue weighted by Gasteiger charge is 2.02. The first-order chi connectivity index (χ1) is 13.2. The van der Waals surface area contributed by atoms with Crippen LogP contribution < -0.4 is 14.8 Å². The third-order valence-electron chi connectivity index (χ3n) is 3.15. The number of carbonyl (C=O) groups excluding carboxylic acids is 1. The van der Waals surface area contributed by atoms with Crippen LogP contribution in [0.2, 0.25) is 0 Å². The van der Waals surface area contributed by atoms with Gasteiger partial charge in [0.25, 0.3) is 0 Å². The quantitative estimate of drug-likeness (QED) is 0.368. The third-order valence-corrected chi connectivity index (χ3v) is 3.58. The molecule has 0 spiro atoms. The first kappa shape index (κ1) is 24.3. The molecule has 5 nitrogen and oxygen atoms in total. The average molecular weight is 389 g/mol. The fraction of sp³-hybridized carbons (Fsp3) is 0.238. The van der Waals surface area contributed by atoms with Gasteiger partial charge in [0.1, 0.15) is 11.5 Å². The van der Waals surface area contributed by atoms with E-state index in [0.717, 1.165) is 17.5 Å². The number of anilines is 1. The Morgan fingerprint density at radius 3 is 2.37 bits per heavy atom. The average Bonchev–Trinajstić information content (AvgIpc) is 2.75. The highest BCUT2D eigenvalue weighted by atomic mass is 32.2. The molecule has 27 heavy (non-hydrogen) atoms. The molecule has 0 saturated carbocycles. The monoisotopic (exact) mass is 388 g/mol. The second-order valence-corrected chi connectivity index (χ2v) is 5.44. The zero-order valence-corrected chi connectivity index (χ0v) is 17.3. The van der Waals surface area contributed by atoms with Crippen molar-refractivity contribution in [3.05, 3.63) is 59.0 Å². The van der Waals surface area contributed by atoms with Crippen LogP contribution in [0.1, 0.15) is 29.8 Å². The van der Waals surface area contributed by atoms with Gasteiger partial charge in [-0.2, -0.15) is 0 Å². The number of nitrogens with one attached hydrogen (secondary N) is 2. The highest BCUT2D eigenvalue weighted by Crippen LogP contribution is 2.22. The number of aldehydes is 1. The Morgan fingerprint density at radius 1 is 1.07 bits per heavy atom. The maximum absolute atomic E-state index is 10.5. The van der Waals surface area contributed by atoms with E-state index in [9.17, 15) is 4.79 Å². The van der Waals surface area contributed by atoms with E-state index in [2.05, 4.69) is 11.4 Å². The lowest BCUT2D eigenvalue weighted by Crippen LogP contribution is -1.91. The largest absolute Gasteiger partial charge is 0.497 e. The van der Waals surface area contributed by atoms with Crippen LogP contribution in [0.4, 0.5) is 5.69 Å². The van der Waals surface area contributed by atoms with E-state index in [1.54, 1.807) is 25.3 Å². The Balaban J connectivity index is 0.000000460. The van der Waals surface area contributed by atoms with Gasteiger partial charge < -0.3 is 20.2 Å². The van der Waals surface area contributed by atoms with Crippen LogP contribution in [0, 0.1) is 5.41 Å². The number of rotatable bonds is 7. The summed E-state index contributed by atoms with van der Waals surface area (Å²) in [5.74, 6) is 1.21. The molecule has 6 heteroatoms. The maximum atomic E-state index is 10.5. The van der Waals surface area contributed by atoms with E-state index in [4.69, 9.17) is 14.9 Å². The van der Waals surface area contributed by atoms with Crippen LogP contribution in [0.3, 0.4) is 0 Å². The van der Waals surface area contributed by atoms with Crippen molar-refractivity contribution in [3.8, 4) is 11.5 Å². The summed E-state index contributed by atoms with van der Waals surface area (Å²) < 4.78 is 9.93. The molecule has 2 N–H and O–H groups in total. The van der Waals surface area contributed by atoms with E-state index in [1.165, 1.54) is 24.4 Å². The molecule has 0 amide bonds. The zero-order valence-electron chi connectivity index (χ0n) is 16.5. The molecule has 0 bridgehead atoms. The van der Waals surface area contributed by atoms with Crippen LogP contribution >= 0.6 is 11.8 Å². The summed E-state index contributed by atoms with van der Waals surface area (Å²) in [4.78, 5) is 10.5. The van der Waals surface area contributed by atoms with E-state index >= 15 is 0 Å². The lowest BCUT2D eigenvalue weighted by Gasteiger charge is -2.05. The molecule has 2 aromatic rings. The fourth-order valence-corrected chi connectivity index (χ4v) is 2.19. The van der Waals surface area contributed by atoms with Gasteiger partial charge in [-0.3, -0.25) is 4.79 Å². The van der Waals surface area contributed by atoms with Gasteiger partial charge in [0.2, 0.25) is 0 Å². The Kier molecular flexibility index (Phi) is 13.9. The maximum Gasteiger partial charge on any atom is 0.153 e. The first-order valence-electron chi connectivity index (χ1n) is 8.44. The molecule has 0 aliphatic carbocycles. The number of carbonyl (C=O) groups is 1. The zero-order chi connectivity index (χ0) is 20.5. The van der Waals surface area contributed by atoms with Crippen LogP contribution in [0.15, 0.2) is 47.9 Å². The summed E-state index contributed by atoms with van der Waals surface area (Å²) in [6.07, 6.45) is 2.73. The molecular formula is C21H28N2O3S. The van der Waals surface area contributed by atoms with Gasteiger partial charge in [-0.15, -0.1) is 0 Å². The van der Waals surface area contributed by atoms with Crippen molar-refractivity contribution in [1.82, 2.24) is 0 Å². The van der Waals surface area contributed by atoms with Crippen molar-refractivity contribution < 1.29 is 14.3 Å². The summed E-state index contributed by atoms with van der Waals surface area (Å²) >= 11 is 1.36. The number of hydrogen-bond donors (Lipinski definition) is 2. The Hall–Kier alpha value is -2.73. The molecule has 2 aromatic carbocycles. The van der Waals surface area contributed by atoms with Crippen molar-refractivity contribution in [1.29, 1.82) is 5.41 Å². The molecule has 0 aromatic heterocycles. The highest BCUT2D eigenvalue weighted by molar-refractivity contribution is 8.14. The van der Waals surface area contributed by atoms with Gasteiger partial charge in [-0.25, -0.2) is 0 Å². The van der Waals surface area contributed by atoms with Crippen molar-refractivity contribution >= 4 is 35.4 Å². The minimum absolute atomic E-state index is 0.526. The predicted octanol–water partition coefficient (Wildman–Crippen LogP) is 5.58. The topological polar surface area (TPSA) is 71.4 Å². The van der Waals surface area contributed by atoms with Gasteiger partial charge in [0, 0.05) is 18.8 Å². The summed E-state index contributed by atoms with van der Waals surface area (Å²) in [6.45, 7) is 4.00. The Bertz CT molecular complexity index is 718. The summed E-state index contributed by atoms with van der Waals surface area (Å²) in [6, 6.07) is 13.1. The van der Waals surface area contributed by atoms with Gasteiger partial charge in [0.05, 0.1) is 25.3 Å². The molecule has 0 fully saturated rings. The lowest BCUT2D eigenvalue weighted by atomic mass is 10.2. The molecule has 0 aliphatic rings. The normalized spacial score (nSPS) is 9.22. The number of ether oxygens (including phenoxy) is 2. The van der Waals surface area contributed by atoms with E-state index < -0.39 is 0 Å². The summed E-state index contributed by atoms with van der Waals surface area (Å²) in [5, 5.41) is 11.8. The van der Waals surface area contributed by atoms with Crippen LogP contribution in [0.25, 0.3) is 6.08 Å². The van der Waals surface area contributed by atoms with Crippen molar-refractivity contribution in [2.45, 2.75) is 13.8 Å². The molecule has 2 rings (SSSR count). The van der Waals surface area contributed by atoms with Crippen molar-refractivity contribution in [2.24, 2.45) is 0 Å². The molecule has 0 saturated heterocycles. The fourth-order valence-electron chi connectivity index (χ4n) is 1.87. The number of methoxy groups -OCH3 is 2. The summed E-state index contributed by atoms with van der Waals surface area (Å²) in [5.41, 5.74) is 4.07. The van der Waals surface area contributed by atoms with Crippen LogP contribution in [-0.4, -0.2) is 33.1 Å². The van der Waals surface area contributed by atoms with E-state index in [0.29, 0.717) is 17.1 Å². The van der Waals surface area contributed by atoms with E-state index in [-0.39, 0.29) is 0 Å². The Morgan fingerprint density at radius 2 is 1.81 bits per heavy atom. The standard InChI is InChI=1S/C10H12N2S.C9H10O3.C2H6/c1-12-10-4-2-3-9(7-10)5-6-13-8-11;1-11-8-4-3-7(6-10)9(5-8)12-2;1-2/h2-8,11-12H,1H3;3-6H,1-2H3;1-2H3/b6-5+,11-8?;;. The number of thioether (sulfide) groups is 1. The summed E-state index contributed by atoms with van der Waals surface area (Å²) in [7, 11) is 4.98. The van der Waals surface area contributed by atoms with Gasteiger partial charge in [-0.1, -0.05) is 37.7 Å². The smallest absolute Gasteiger partial charge is 0.153 e. The Labute approximate surface area is 166 Å². The third kappa shape index (κ3) is 9.51. The minimum atomic E-state index is 0.526. The lowest BCUT2D eigenvalue weighted by molar-refractivity contribution is 0.112. The molecule has 0 atom stereocenters. The van der Waals surface area contributed by atoms with Gasteiger partial charge in [0.15, 0.2) is 6.29 Å². The molecular weight excluding hydrogens is 360 g/mol. The van der Waals surface area contributed by atoms with Crippen molar-refractivity contribution in [2.75, 3.05) is 26.6 Å². The molecule has 0 radical (unpaired) electrons. The van der Waals surface area contributed by atoms with Gasteiger partial charge >= 0.3 is 0 Å². The van der Waals surface area contributed by atoms with Gasteiger partial charge in [-0.05, 0) is 41.3 Å². The van der Waals surface area contributed by atoms with E-state index in [1.807, 2.05) is 50.6 Å². The minimum Gasteiger partial charge on any atom is -0.497 e. The number of benzene rings is 2. The number of hydrogen-bond acceptors (Lipinski definition) is 6. The second-order valence-electron chi connectivity index (χ2n) is 4.66. The molecule has 0 unspecified atom stereocenters. The molecule has 0 heterocycles. The van der Waals surface area contributed by atoms with Crippen molar-refractivity contribution in [3.63, 3.8) is 0 Å². The SMILES string of the molecule is CC.CNc1cccc(/C=C/SC=N)c1.COc1ccc(C=O)c(OC)c1. The molecule has 0 aliphatic heterocycles. The first-order valence-corrected chi connectivity index (χ1v) is 9.38.